The molecule has 0 bridgehead atoms. The largest absolute Gasteiger partial charge is 0.327 e. The lowest BCUT2D eigenvalue weighted by molar-refractivity contribution is -0.125. The van der Waals surface area contributed by atoms with Crippen LogP contribution in [0.3, 0.4) is 0 Å². The molecule has 1 amide bonds. The highest BCUT2D eigenvalue weighted by Gasteiger charge is 2.42. The molecule has 1 aliphatic rings. The van der Waals surface area contributed by atoms with Gasteiger partial charge in [-0.2, -0.15) is 5.10 Å². The first-order valence-corrected chi connectivity index (χ1v) is 7.13. The molecule has 1 saturated carbocycles. The van der Waals surface area contributed by atoms with E-state index >= 15 is 0 Å². The smallest absolute Gasteiger partial charge is 0.231 e. The van der Waals surface area contributed by atoms with Gasteiger partial charge in [0.15, 0.2) is 5.82 Å². The summed E-state index contributed by atoms with van der Waals surface area (Å²) < 4.78 is 1.67. The molecule has 0 aliphatic heterocycles. The maximum atomic E-state index is 12.4. The van der Waals surface area contributed by atoms with Crippen molar-refractivity contribution < 1.29 is 4.79 Å². The van der Waals surface area contributed by atoms with Gasteiger partial charge < -0.3 is 11.1 Å². The molecule has 2 unspecified atom stereocenters. The molecule has 0 saturated heterocycles. The molecule has 0 aromatic carbocycles. The minimum absolute atomic E-state index is 0.0267. The van der Waals surface area contributed by atoms with Crippen LogP contribution in [0.5, 0.6) is 0 Å². The predicted octanol–water partition coefficient (Wildman–Crippen LogP) is 1.72. The summed E-state index contributed by atoms with van der Waals surface area (Å²) in [6.45, 7) is 1.94. The van der Waals surface area contributed by atoms with Crippen LogP contribution in [-0.2, 0) is 4.79 Å². The summed E-state index contributed by atoms with van der Waals surface area (Å²) in [4.78, 5) is 16.7. The molecule has 6 nitrogen and oxygen atoms in total. The van der Waals surface area contributed by atoms with Gasteiger partial charge in [-0.05, 0) is 38.0 Å². The molecule has 21 heavy (non-hydrogen) atoms. The van der Waals surface area contributed by atoms with Gasteiger partial charge in [-0.3, -0.25) is 4.79 Å². The van der Waals surface area contributed by atoms with Gasteiger partial charge in [-0.15, -0.1) is 0 Å². The molecule has 1 fully saturated rings. The molecule has 1 aliphatic carbocycles. The molecule has 3 rings (SSSR count). The van der Waals surface area contributed by atoms with Crippen LogP contribution < -0.4 is 11.1 Å². The Morgan fingerprint density at radius 2 is 2.38 bits per heavy atom. The number of nitrogens with two attached hydrogens (primary N) is 1. The summed E-state index contributed by atoms with van der Waals surface area (Å²) in [5.41, 5.74) is 6.26. The van der Waals surface area contributed by atoms with Crippen molar-refractivity contribution in [2.24, 2.45) is 11.1 Å². The van der Waals surface area contributed by atoms with Crippen LogP contribution in [-0.4, -0.2) is 26.7 Å². The summed E-state index contributed by atoms with van der Waals surface area (Å²) >= 11 is 0. The highest BCUT2D eigenvalue weighted by molar-refractivity contribution is 5.95. The molecule has 3 N–H and O–H groups in total. The van der Waals surface area contributed by atoms with Gasteiger partial charge in [0.25, 0.3) is 0 Å². The van der Waals surface area contributed by atoms with E-state index in [0.29, 0.717) is 11.5 Å². The number of hydrogen-bond acceptors (Lipinski definition) is 4. The van der Waals surface area contributed by atoms with Crippen molar-refractivity contribution in [3.8, 4) is 5.82 Å². The third kappa shape index (κ3) is 2.54. The molecule has 2 aromatic rings. The molecular formula is C15H19N5O. The normalized spacial score (nSPS) is 25.0. The number of pyridine rings is 1. The Hall–Kier alpha value is -2.21. The first-order chi connectivity index (χ1) is 10.1. The third-order valence-corrected chi connectivity index (χ3v) is 4.29. The molecule has 0 radical (unpaired) electrons. The summed E-state index contributed by atoms with van der Waals surface area (Å²) in [5, 5.41) is 7.03. The third-order valence-electron chi connectivity index (χ3n) is 4.29. The van der Waals surface area contributed by atoms with Crippen LogP contribution in [0.2, 0.25) is 0 Å². The zero-order valence-corrected chi connectivity index (χ0v) is 12.0. The first-order valence-electron chi connectivity index (χ1n) is 7.13. The van der Waals surface area contributed by atoms with Crippen molar-refractivity contribution in [1.82, 2.24) is 14.8 Å². The van der Waals surface area contributed by atoms with E-state index in [9.17, 15) is 4.79 Å². The highest BCUT2D eigenvalue weighted by Crippen LogP contribution is 2.37. The fraction of sp³-hybridized carbons (Fsp3) is 0.400. The second-order valence-corrected chi connectivity index (χ2v) is 5.73. The van der Waals surface area contributed by atoms with Gasteiger partial charge in [-0.1, -0.05) is 6.42 Å². The Morgan fingerprint density at radius 1 is 1.52 bits per heavy atom. The Labute approximate surface area is 123 Å². The molecule has 110 valence electrons. The Kier molecular flexibility index (Phi) is 3.47. The summed E-state index contributed by atoms with van der Waals surface area (Å²) in [7, 11) is 0. The van der Waals surface area contributed by atoms with Gasteiger partial charge in [-0.25, -0.2) is 9.67 Å². The number of nitrogens with zero attached hydrogens (tertiary/aromatic N) is 3. The zero-order chi connectivity index (χ0) is 14.9. The Bertz CT molecular complexity index is 622. The molecule has 2 atom stereocenters. The fourth-order valence-electron chi connectivity index (χ4n) is 2.75. The SMILES string of the molecule is CC1(C(=O)Nc2ccc(-n3cccn3)nc2)CCCC1N. The quantitative estimate of drug-likeness (QED) is 0.899. The van der Waals surface area contributed by atoms with E-state index in [4.69, 9.17) is 5.73 Å². The molecular weight excluding hydrogens is 266 g/mol. The van der Waals surface area contributed by atoms with Crippen molar-refractivity contribution in [2.45, 2.75) is 32.2 Å². The van der Waals surface area contributed by atoms with Crippen molar-refractivity contribution in [1.29, 1.82) is 0 Å². The number of carbonyl (C=O) groups is 1. The van der Waals surface area contributed by atoms with Crippen molar-refractivity contribution in [2.75, 3.05) is 5.32 Å². The summed E-state index contributed by atoms with van der Waals surface area (Å²) in [6, 6.07) is 5.40. The topological polar surface area (TPSA) is 85.8 Å². The van der Waals surface area contributed by atoms with Gasteiger partial charge in [0.1, 0.15) is 0 Å². The van der Waals surface area contributed by atoms with Crippen LogP contribution in [0.25, 0.3) is 5.82 Å². The van der Waals surface area contributed by atoms with Crippen molar-refractivity contribution in [3.63, 3.8) is 0 Å². The number of aromatic nitrogens is 3. The average Bonchev–Trinajstić information content (AvgIpc) is 3.12. The molecule has 0 spiro atoms. The van der Waals surface area contributed by atoms with Crippen LogP contribution in [0, 0.1) is 5.41 Å². The highest BCUT2D eigenvalue weighted by atomic mass is 16.2. The average molecular weight is 285 g/mol. The second-order valence-electron chi connectivity index (χ2n) is 5.73. The minimum atomic E-state index is -0.485. The van der Waals surface area contributed by atoms with Crippen molar-refractivity contribution >= 4 is 11.6 Å². The van der Waals surface area contributed by atoms with E-state index in [1.165, 1.54) is 0 Å². The van der Waals surface area contributed by atoms with Crippen LogP contribution in [0.4, 0.5) is 5.69 Å². The van der Waals surface area contributed by atoms with Gasteiger partial charge in [0.05, 0.1) is 17.3 Å². The number of anilines is 1. The Balaban J connectivity index is 1.72. The maximum absolute atomic E-state index is 12.4. The molecule has 2 heterocycles. The van der Waals surface area contributed by atoms with E-state index in [0.717, 1.165) is 19.3 Å². The van der Waals surface area contributed by atoms with E-state index in [1.54, 1.807) is 17.1 Å². The van der Waals surface area contributed by atoms with E-state index in [-0.39, 0.29) is 11.9 Å². The molecule has 2 aromatic heterocycles. The van der Waals surface area contributed by atoms with Gasteiger partial charge in [0.2, 0.25) is 5.91 Å². The number of nitrogens with one attached hydrogen (secondary N) is 1. The minimum Gasteiger partial charge on any atom is -0.327 e. The lowest BCUT2D eigenvalue weighted by Crippen LogP contribution is -2.44. The van der Waals surface area contributed by atoms with Gasteiger partial charge >= 0.3 is 0 Å². The Morgan fingerprint density at radius 3 is 2.95 bits per heavy atom. The van der Waals surface area contributed by atoms with Crippen LogP contribution >= 0.6 is 0 Å². The van der Waals surface area contributed by atoms with E-state index in [2.05, 4.69) is 15.4 Å². The monoisotopic (exact) mass is 285 g/mol. The van der Waals surface area contributed by atoms with Crippen LogP contribution in [0.1, 0.15) is 26.2 Å². The second kappa shape index (κ2) is 5.29. The summed E-state index contributed by atoms with van der Waals surface area (Å²) in [5.74, 6) is 0.683. The van der Waals surface area contributed by atoms with E-state index in [1.807, 2.05) is 31.3 Å². The number of carbonyl (C=O) groups excluding carboxylic acids is 1. The summed E-state index contributed by atoms with van der Waals surface area (Å²) in [6.07, 6.45) is 7.89. The lowest BCUT2D eigenvalue weighted by atomic mass is 9.84. The van der Waals surface area contributed by atoms with E-state index < -0.39 is 5.41 Å². The number of hydrogen-bond donors (Lipinski definition) is 2. The lowest BCUT2D eigenvalue weighted by Gasteiger charge is -2.27. The van der Waals surface area contributed by atoms with Gasteiger partial charge in [0, 0.05) is 18.4 Å². The first kappa shape index (κ1) is 13.8. The van der Waals surface area contributed by atoms with Crippen molar-refractivity contribution in [3.05, 3.63) is 36.8 Å². The maximum Gasteiger partial charge on any atom is 0.231 e. The standard InChI is InChI=1S/C15H19N5O/c1-15(7-2-4-12(15)16)14(21)19-11-5-6-13(17-10-11)20-9-3-8-18-20/h3,5-6,8-10,12H,2,4,7,16H2,1H3,(H,19,21). The number of amides is 1. The molecule has 6 heteroatoms. The fourth-order valence-corrected chi connectivity index (χ4v) is 2.75. The van der Waals surface area contributed by atoms with Crippen LogP contribution in [0.15, 0.2) is 36.8 Å². The number of rotatable bonds is 3. The predicted molar refractivity (Wildman–Crippen MR) is 79.9 cm³/mol. The zero-order valence-electron chi connectivity index (χ0n) is 12.0.